The summed E-state index contributed by atoms with van der Waals surface area (Å²) >= 11 is 0. The summed E-state index contributed by atoms with van der Waals surface area (Å²) < 4.78 is 5.82. The van der Waals surface area contributed by atoms with E-state index in [-0.39, 0.29) is 12.7 Å². The summed E-state index contributed by atoms with van der Waals surface area (Å²) in [5, 5.41) is 9.64. The van der Waals surface area contributed by atoms with Crippen molar-refractivity contribution >= 4 is 11.9 Å². The molecule has 0 aromatic carbocycles. The van der Waals surface area contributed by atoms with Crippen molar-refractivity contribution in [2.45, 2.75) is 135 Å². The molecular formula is C28H51N3O2. The maximum absolute atomic E-state index is 9.64. The van der Waals surface area contributed by atoms with Crippen molar-refractivity contribution in [2.24, 2.45) is 9.98 Å². The molecule has 190 valence electrons. The molecule has 1 saturated heterocycles. The molecule has 33 heavy (non-hydrogen) atoms. The molecule has 1 heterocycles. The molecule has 2 fully saturated rings. The van der Waals surface area contributed by atoms with E-state index >= 15 is 0 Å². The molecule has 0 bridgehead atoms. The Kier molecular flexibility index (Phi) is 15.2. The van der Waals surface area contributed by atoms with Crippen molar-refractivity contribution in [3.05, 3.63) is 12.3 Å². The molecule has 0 aromatic rings. The zero-order valence-corrected chi connectivity index (χ0v) is 21.5. The molecule has 0 atom stereocenters. The van der Waals surface area contributed by atoms with E-state index in [9.17, 15) is 5.11 Å². The standard InChI is InChI=1S/C28H51N3O2/c1-3-4-5-6-7-8-9-10-11-12-13-14-15-16-19-25(2)29-28(31-22-18-23-31)30-27(24-32)33-26-20-17-21-26/h26,32H,2-24H2,1H3. The van der Waals surface area contributed by atoms with E-state index < -0.39 is 0 Å². The van der Waals surface area contributed by atoms with Crippen LogP contribution in [-0.4, -0.2) is 47.7 Å². The first-order chi connectivity index (χ1) is 16.2. The Bertz CT molecular complexity index is 580. The summed E-state index contributed by atoms with van der Waals surface area (Å²) in [6.07, 6.45) is 24.8. The number of aliphatic hydroxyl groups excluding tert-OH is 1. The number of hydrogen-bond acceptors (Lipinski definition) is 3. The van der Waals surface area contributed by atoms with E-state index in [0.29, 0.717) is 11.9 Å². The van der Waals surface area contributed by atoms with Gasteiger partial charge in [0.2, 0.25) is 11.9 Å². The Morgan fingerprint density at radius 2 is 1.36 bits per heavy atom. The Morgan fingerprint density at radius 1 is 0.818 bits per heavy atom. The SMILES string of the molecule is C=C(CCCCCCCCCCCCCCCC)N=C(N=C(CO)OC1CCC1)N1CCC1. The zero-order valence-electron chi connectivity index (χ0n) is 21.5. The van der Waals surface area contributed by atoms with Gasteiger partial charge in [-0.25, -0.2) is 4.99 Å². The molecule has 0 aromatic heterocycles. The Hall–Kier alpha value is -1.36. The molecule has 1 saturated carbocycles. The predicted octanol–water partition coefficient (Wildman–Crippen LogP) is 7.39. The average molecular weight is 462 g/mol. The first kappa shape index (κ1) is 27.9. The van der Waals surface area contributed by atoms with Crippen molar-refractivity contribution in [1.82, 2.24) is 4.90 Å². The van der Waals surface area contributed by atoms with Crippen LogP contribution in [0.1, 0.15) is 129 Å². The average Bonchev–Trinajstić information content (AvgIpc) is 2.74. The number of aliphatic imine (C=N–C) groups is 2. The van der Waals surface area contributed by atoms with Crippen LogP contribution >= 0.6 is 0 Å². The van der Waals surface area contributed by atoms with Crippen LogP contribution in [0.5, 0.6) is 0 Å². The van der Waals surface area contributed by atoms with Crippen LogP contribution in [-0.2, 0) is 4.74 Å². The number of nitrogens with zero attached hydrogens (tertiary/aromatic N) is 3. The lowest BCUT2D eigenvalue weighted by atomic mass is 9.96. The number of likely N-dealkylation sites (tertiary alicyclic amines) is 1. The molecule has 2 aliphatic rings. The van der Waals surface area contributed by atoms with Gasteiger partial charge in [0, 0.05) is 18.8 Å². The van der Waals surface area contributed by atoms with Crippen LogP contribution in [0.4, 0.5) is 0 Å². The first-order valence-corrected chi connectivity index (χ1v) is 14.1. The van der Waals surface area contributed by atoms with E-state index in [2.05, 4.69) is 23.4 Å². The van der Waals surface area contributed by atoms with Crippen LogP contribution in [0.25, 0.3) is 0 Å². The summed E-state index contributed by atoms with van der Waals surface area (Å²) in [7, 11) is 0. The monoisotopic (exact) mass is 461 g/mol. The van der Waals surface area contributed by atoms with Crippen LogP contribution in [0.15, 0.2) is 22.3 Å². The van der Waals surface area contributed by atoms with Gasteiger partial charge in [-0.1, -0.05) is 97.0 Å². The minimum Gasteiger partial charge on any atom is -0.476 e. The van der Waals surface area contributed by atoms with E-state index in [1.54, 1.807) is 0 Å². The van der Waals surface area contributed by atoms with Crippen molar-refractivity contribution in [3.8, 4) is 0 Å². The van der Waals surface area contributed by atoms with Gasteiger partial charge in [-0.05, 0) is 38.5 Å². The molecule has 0 unspecified atom stereocenters. The van der Waals surface area contributed by atoms with E-state index in [1.165, 1.54) is 89.9 Å². The second-order valence-electron chi connectivity index (χ2n) is 10.00. The minimum absolute atomic E-state index is 0.172. The smallest absolute Gasteiger partial charge is 0.228 e. The lowest BCUT2D eigenvalue weighted by molar-refractivity contribution is 0.0968. The summed E-state index contributed by atoms with van der Waals surface area (Å²) in [4.78, 5) is 11.4. The number of ether oxygens (including phenoxy) is 1. The third kappa shape index (κ3) is 12.6. The lowest BCUT2D eigenvalue weighted by Crippen LogP contribution is -2.42. The maximum Gasteiger partial charge on any atom is 0.228 e. The number of rotatable bonds is 18. The second-order valence-corrected chi connectivity index (χ2v) is 10.00. The largest absolute Gasteiger partial charge is 0.476 e. The van der Waals surface area contributed by atoms with Gasteiger partial charge in [-0.15, -0.1) is 0 Å². The molecule has 0 radical (unpaired) electrons. The Labute approximate surface area is 203 Å². The number of guanidine groups is 1. The fourth-order valence-corrected chi connectivity index (χ4v) is 4.30. The molecule has 5 nitrogen and oxygen atoms in total. The van der Waals surface area contributed by atoms with Gasteiger partial charge in [0.25, 0.3) is 0 Å². The summed E-state index contributed by atoms with van der Waals surface area (Å²) in [6, 6.07) is 0. The molecule has 1 aliphatic carbocycles. The molecule has 1 aliphatic heterocycles. The Balaban J connectivity index is 1.53. The number of unbranched alkanes of at least 4 members (excludes halogenated alkanes) is 13. The maximum atomic E-state index is 9.64. The second kappa shape index (κ2) is 18.0. The van der Waals surface area contributed by atoms with Crippen LogP contribution in [0.3, 0.4) is 0 Å². The zero-order chi connectivity index (χ0) is 23.6. The van der Waals surface area contributed by atoms with E-state index in [4.69, 9.17) is 9.73 Å². The van der Waals surface area contributed by atoms with Crippen molar-refractivity contribution in [3.63, 3.8) is 0 Å². The third-order valence-corrected chi connectivity index (χ3v) is 6.93. The molecular weight excluding hydrogens is 410 g/mol. The van der Waals surface area contributed by atoms with Gasteiger partial charge in [0.05, 0.1) is 0 Å². The van der Waals surface area contributed by atoms with Gasteiger partial charge in [0.1, 0.15) is 12.7 Å². The minimum atomic E-state index is -0.172. The highest BCUT2D eigenvalue weighted by atomic mass is 16.5. The fourth-order valence-electron chi connectivity index (χ4n) is 4.30. The Morgan fingerprint density at radius 3 is 1.79 bits per heavy atom. The molecule has 0 amide bonds. The summed E-state index contributed by atoms with van der Waals surface area (Å²) in [5.41, 5.74) is 0.889. The highest BCUT2D eigenvalue weighted by Gasteiger charge is 2.23. The van der Waals surface area contributed by atoms with E-state index in [1.807, 2.05) is 0 Å². The third-order valence-electron chi connectivity index (χ3n) is 6.93. The lowest BCUT2D eigenvalue weighted by Gasteiger charge is -2.32. The van der Waals surface area contributed by atoms with Gasteiger partial charge < -0.3 is 14.7 Å². The topological polar surface area (TPSA) is 57.4 Å². The molecule has 2 rings (SSSR count). The number of aliphatic hydroxyl groups is 1. The first-order valence-electron chi connectivity index (χ1n) is 14.1. The van der Waals surface area contributed by atoms with E-state index in [0.717, 1.165) is 50.9 Å². The van der Waals surface area contributed by atoms with Crippen LogP contribution < -0.4 is 0 Å². The molecule has 0 spiro atoms. The highest BCUT2D eigenvalue weighted by molar-refractivity contribution is 5.94. The molecule has 5 heteroatoms. The summed E-state index contributed by atoms with van der Waals surface area (Å²) in [6.45, 7) is 8.22. The van der Waals surface area contributed by atoms with Gasteiger partial charge in [-0.3, -0.25) is 0 Å². The van der Waals surface area contributed by atoms with Crippen molar-refractivity contribution in [2.75, 3.05) is 19.7 Å². The predicted molar refractivity (Wildman–Crippen MR) is 141 cm³/mol. The van der Waals surface area contributed by atoms with Gasteiger partial charge >= 0.3 is 0 Å². The number of hydrogen-bond donors (Lipinski definition) is 1. The quantitative estimate of drug-likeness (QED) is 0.131. The van der Waals surface area contributed by atoms with Crippen LogP contribution in [0.2, 0.25) is 0 Å². The fraction of sp³-hybridized carbons (Fsp3) is 0.857. The van der Waals surface area contributed by atoms with Crippen LogP contribution in [0, 0.1) is 0 Å². The highest BCUT2D eigenvalue weighted by Crippen LogP contribution is 2.22. The van der Waals surface area contributed by atoms with Gasteiger partial charge in [-0.2, -0.15) is 4.99 Å². The van der Waals surface area contributed by atoms with Crippen molar-refractivity contribution in [1.29, 1.82) is 0 Å². The van der Waals surface area contributed by atoms with Crippen molar-refractivity contribution < 1.29 is 9.84 Å². The molecule has 1 N–H and O–H groups in total. The summed E-state index contributed by atoms with van der Waals surface area (Å²) in [5.74, 6) is 1.06. The number of allylic oxidation sites excluding steroid dienone is 1. The normalized spacial score (nSPS) is 17.1. The van der Waals surface area contributed by atoms with Gasteiger partial charge in [0.15, 0.2) is 0 Å².